The molecule has 1 heterocycles. The van der Waals surface area contributed by atoms with Gasteiger partial charge in [0.05, 0.1) is 0 Å². The standard InChI is InChI=1S/C16H23BrN2OS.ClH/c17-14-5-1-2-6-15(14)21-11-8-16(20)19-10-7-13-4-3-9-18-12-13;/h1-2,5-6,13,18H,3-4,7-12H2,(H,19,20);1H. The van der Waals surface area contributed by atoms with Gasteiger partial charge in [-0.3, -0.25) is 4.79 Å². The molecule has 1 atom stereocenters. The first-order valence-electron chi connectivity index (χ1n) is 7.60. The topological polar surface area (TPSA) is 41.1 Å². The van der Waals surface area contributed by atoms with Crippen LogP contribution in [0.3, 0.4) is 0 Å². The number of hydrogen-bond donors (Lipinski definition) is 2. The van der Waals surface area contributed by atoms with Gasteiger partial charge in [-0.25, -0.2) is 0 Å². The van der Waals surface area contributed by atoms with Crippen LogP contribution in [0.5, 0.6) is 0 Å². The molecule has 0 saturated carbocycles. The molecule has 1 amide bonds. The van der Waals surface area contributed by atoms with E-state index < -0.39 is 0 Å². The summed E-state index contributed by atoms with van der Waals surface area (Å²) in [5.41, 5.74) is 0. The van der Waals surface area contributed by atoms with Crippen LogP contribution in [0.15, 0.2) is 33.6 Å². The molecule has 124 valence electrons. The van der Waals surface area contributed by atoms with Crippen LogP contribution in [0.2, 0.25) is 0 Å². The van der Waals surface area contributed by atoms with E-state index in [1.807, 2.05) is 18.2 Å². The SMILES string of the molecule is Cl.O=C(CCSc1ccccc1Br)NCCC1CCCNC1. The van der Waals surface area contributed by atoms with Gasteiger partial charge in [0.15, 0.2) is 0 Å². The maximum absolute atomic E-state index is 11.8. The second kappa shape index (κ2) is 11.3. The van der Waals surface area contributed by atoms with Gasteiger partial charge in [-0.1, -0.05) is 12.1 Å². The average Bonchev–Trinajstić information content (AvgIpc) is 2.50. The monoisotopic (exact) mass is 406 g/mol. The van der Waals surface area contributed by atoms with Crippen molar-refractivity contribution >= 4 is 46.0 Å². The smallest absolute Gasteiger partial charge is 0.220 e. The van der Waals surface area contributed by atoms with Crippen molar-refractivity contribution in [2.24, 2.45) is 5.92 Å². The van der Waals surface area contributed by atoms with E-state index >= 15 is 0 Å². The van der Waals surface area contributed by atoms with Gasteiger partial charge in [0.2, 0.25) is 5.91 Å². The molecule has 0 aliphatic carbocycles. The quantitative estimate of drug-likeness (QED) is 0.674. The van der Waals surface area contributed by atoms with Crippen molar-refractivity contribution in [1.82, 2.24) is 10.6 Å². The summed E-state index contributed by atoms with van der Waals surface area (Å²) in [6, 6.07) is 8.12. The van der Waals surface area contributed by atoms with Crippen LogP contribution >= 0.6 is 40.1 Å². The molecule has 1 saturated heterocycles. The summed E-state index contributed by atoms with van der Waals surface area (Å²) >= 11 is 5.24. The predicted molar refractivity (Wildman–Crippen MR) is 100.0 cm³/mol. The Labute approximate surface area is 151 Å². The summed E-state index contributed by atoms with van der Waals surface area (Å²) in [6.45, 7) is 3.06. The third-order valence-electron chi connectivity index (χ3n) is 3.70. The van der Waals surface area contributed by atoms with Crippen LogP contribution in [0, 0.1) is 5.92 Å². The summed E-state index contributed by atoms with van der Waals surface area (Å²) in [6.07, 6.45) is 4.23. The van der Waals surface area contributed by atoms with E-state index in [1.54, 1.807) is 11.8 Å². The van der Waals surface area contributed by atoms with Gasteiger partial charge in [-0.05, 0) is 66.3 Å². The molecule has 0 spiro atoms. The third-order valence-corrected chi connectivity index (χ3v) is 5.73. The molecule has 1 fully saturated rings. The number of carbonyl (C=O) groups excluding carboxylic acids is 1. The first-order valence-corrected chi connectivity index (χ1v) is 9.38. The van der Waals surface area contributed by atoms with Crippen molar-refractivity contribution < 1.29 is 4.79 Å². The third kappa shape index (κ3) is 7.36. The maximum atomic E-state index is 11.8. The predicted octanol–water partition coefficient (Wildman–Crippen LogP) is 3.86. The molecule has 1 unspecified atom stereocenters. The second-order valence-corrected chi connectivity index (χ2v) is 7.37. The van der Waals surface area contributed by atoms with Crippen LogP contribution in [0.1, 0.15) is 25.7 Å². The summed E-state index contributed by atoms with van der Waals surface area (Å²) in [5.74, 6) is 1.71. The zero-order chi connectivity index (χ0) is 14.9. The highest BCUT2D eigenvalue weighted by atomic mass is 79.9. The van der Waals surface area contributed by atoms with Gasteiger partial charge in [0, 0.05) is 28.1 Å². The molecule has 3 nitrogen and oxygen atoms in total. The lowest BCUT2D eigenvalue weighted by atomic mass is 9.96. The lowest BCUT2D eigenvalue weighted by Gasteiger charge is -2.22. The van der Waals surface area contributed by atoms with E-state index in [-0.39, 0.29) is 18.3 Å². The number of amides is 1. The van der Waals surface area contributed by atoms with Gasteiger partial charge < -0.3 is 10.6 Å². The van der Waals surface area contributed by atoms with E-state index in [2.05, 4.69) is 32.6 Å². The van der Waals surface area contributed by atoms with E-state index in [1.165, 1.54) is 17.7 Å². The zero-order valence-corrected chi connectivity index (χ0v) is 15.9. The Kier molecular flexibility index (Phi) is 10.2. The number of carbonyl (C=O) groups is 1. The van der Waals surface area contributed by atoms with Gasteiger partial charge in [-0.15, -0.1) is 24.2 Å². The molecule has 0 bridgehead atoms. The molecule has 22 heavy (non-hydrogen) atoms. The zero-order valence-electron chi connectivity index (χ0n) is 12.6. The molecule has 0 aromatic heterocycles. The number of benzene rings is 1. The van der Waals surface area contributed by atoms with Crippen LogP contribution in [0.4, 0.5) is 0 Å². The summed E-state index contributed by atoms with van der Waals surface area (Å²) in [5, 5.41) is 6.45. The van der Waals surface area contributed by atoms with E-state index in [9.17, 15) is 4.79 Å². The minimum atomic E-state index is 0. The molecule has 1 aliphatic rings. The number of piperidine rings is 1. The highest BCUT2D eigenvalue weighted by Crippen LogP contribution is 2.27. The van der Waals surface area contributed by atoms with Crippen molar-refractivity contribution in [3.05, 3.63) is 28.7 Å². The lowest BCUT2D eigenvalue weighted by molar-refractivity contribution is -0.120. The molecule has 6 heteroatoms. The fraction of sp³-hybridized carbons (Fsp3) is 0.562. The largest absolute Gasteiger partial charge is 0.356 e. The first-order chi connectivity index (χ1) is 10.3. The Balaban J connectivity index is 0.00000242. The number of hydrogen-bond acceptors (Lipinski definition) is 3. The normalized spacial score (nSPS) is 17.6. The first kappa shape index (κ1) is 19.8. The summed E-state index contributed by atoms with van der Waals surface area (Å²) in [7, 11) is 0. The molecular formula is C16H24BrClN2OS. The molecule has 0 radical (unpaired) electrons. The van der Waals surface area contributed by atoms with E-state index in [4.69, 9.17) is 0 Å². The highest BCUT2D eigenvalue weighted by Gasteiger charge is 2.12. The number of halogens is 2. The Morgan fingerprint density at radius 3 is 2.95 bits per heavy atom. The summed E-state index contributed by atoms with van der Waals surface area (Å²) in [4.78, 5) is 13.0. The van der Waals surface area contributed by atoms with Crippen molar-refractivity contribution in [3.63, 3.8) is 0 Å². The van der Waals surface area contributed by atoms with Crippen LogP contribution < -0.4 is 10.6 Å². The Morgan fingerprint density at radius 1 is 1.41 bits per heavy atom. The van der Waals surface area contributed by atoms with Gasteiger partial charge in [-0.2, -0.15) is 0 Å². The van der Waals surface area contributed by atoms with Crippen molar-refractivity contribution in [2.45, 2.75) is 30.6 Å². The van der Waals surface area contributed by atoms with E-state index in [0.717, 1.165) is 42.2 Å². The van der Waals surface area contributed by atoms with Crippen molar-refractivity contribution in [2.75, 3.05) is 25.4 Å². The van der Waals surface area contributed by atoms with Crippen LogP contribution in [0.25, 0.3) is 0 Å². The molecular weight excluding hydrogens is 384 g/mol. The fourth-order valence-corrected chi connectivity index (χ4v) is 4.01. The fourth-order valence-electron chi connectivity index (χ4n) is 2.49. The molecule has 2 N–H and O–H groups in total. The highest BCUT2D eigenvalue weighted by molar-refractivity contribution is 9.10. The Hall–Kier alpha value is -0.230. The van der Waals surface area contributed by atoms with Gasteiger partial charge >= 0.3 is 0 Å². The maximum Gasteiger partial charge on any atom is 0.220 e. The number of thioether (sulfide) groups is 1. The molecule has 1 aromatic rings. The number of rotatable bonds is 7. The van der Waals surface area contributed by atoms with E-state index in [0.29, 0.717) is 6.42 Å². The van der Waals surface area contributed by atoms with Crippen molar-refractivity contribution in [3.8, 4) is 0 Å². The minimum Gasteiger partial charge on any atom is -0.356 e. The van der Waals surface area contributed by atoms with Gasteiger partial charge in [0.1, 0.15) is 0 Å². The Morgan fingerprint density at radius 2 is 2.23 bits per heavy atom. The second-order valence-electron chi connectivity index (χ2n) is 5.38. The molecule has 2 rings (SSSR count). The van der Waals surface area contributed by atoms with Crippen LogP contribution in [-0.2, 0) is 4.79 Å². The Bertz CT molecular complexity index is 456. The minimum absolute atomic E-state index is 0. The summed E-state index contributed by atoms with van der Waals surface area (Å²) < 4.78 is 1.10. The molecule has 1 aliphatic heterocycles. The number of nitrogens with one attached hydrogen (secondary N) is 2. The average molecular weight is 408 g/mol. The van der Waals surface area contributed by atoms with Crippen LogP contribution in [-0.4, -0.2) is 31.3 Å². The molecule has 1 aromatic carbocycles. The van der Waals surface area contributed by atoms with Gasteiger partial charge in [0.25, 0.3) is 0 Å². The van der Waals surface area contributed by atoms with Crippen molar-refractivity contribution in [1.29, 1.82) is 0 Å². The lowest BCUT2D eigenvalue weighted by Crippen LogP contribution is -2.33.